The van der Waals surface area contributed by atoms with Crippen molar-refractivity contribution in [1.82, 2.24) is 14.5 Å². The van der Waals surface area contributed by atoms with Crippen molar-refractivity contribution in [1.29, 1.82) is 0 Å². The maximum absolute atomic E-state index is 15.1. The molecule has 3 aliphatic heterocycles. The highest BCUT2D eigenvalue weighted by Crippen LogP contribution is 2.36. The number of carbonyl (C=O) groups is 3. The molecule has 0 aliphatic carbocycles. The van der Waals surface area contributed by atoms with Crippen LogP contribution in [-0.4, -0.2) is 54.5 Å². The molecule has 0 spiro atoms. The van der Waals surface area contributed by atoms with Gasteiger partial charge in [0.25, 0.3) is 5.91 Å². The highest BCUT2D eigenvalue weighted by Gasteiger charge is 2.40. The van der Waals surface area contributed by atoms with Crippen molar-refractivity contribution in [3.05, 3.63) is 64.2 Å². The molecule has 2 saturated heterocycles. The van der Waals surface area contributed by atoms with Crippen molar-refractivity contribution in [2.24, 2.45) is 0 Å². The van der Waals surface area contributed by atoms with Crippen LogP contribution in [0.4, 0.5) is 8.78 Å². The van der Waals surface area contributed by atoms with Crippen LogP contribution >= 0.6 is 0 Å². The molecule has 3 heterocycles. The van der Waals surface area contributed by atoms with Crippen molar-refractivity contribution in [2.75, 3.05) is 13.1 Å². The van der Waals surface area contributed by atoms with Gasteiger partial charge in [-0.1, -0.05) is 6.07 Å². The Bertz CT molecular complexity index is 1390. The van der Waals surface area contributed by atoms with Crippen molar-refractivity contribution in [2.45, 2.75) is 56.0 Å². The number of nitrogens with zero attached hydrogens (tertiary/aromatic N) is 2. The first kappa shape index (κ1) is 24.5. The fraction of sp³-hybridized carbons (Fsp3) is 0.400. The third-order valence-corrected chi connectivity index (χ3v) is 9.35. The molecule has 11 heteroatoms. The Hall–Kier alpha value is -3.18. The first-order valence-corrected chi connectivity index (χ1v) is 13.2. The molecule has 1 unspecified atom stereocenters. The summed E-state index contributed by atoms with van der Waals surface area (Å²) in [5, 5.41) is 2.24. The van der Waals surface area contributed by atoms with Gasteiger partial charge in [-0.3, -0.25) is 19.7 Å². The quantitative estimate of drug-likeness (QED) is 0.628. The molecule has 5 rings (SSSR count). The normalized spacial score (nSPS) is 21.6. The first-order chi connectivity index (χ1) is 17.1. The minimum absolute atomic E-state index is 0.0538. The summed E-state index contributed by atoms with van der Waals surface area (Å²) in [7, 11) is -3.81. The van der Waals surface area contributed by atoms with E-state index in [-0.39, 0.29) is 54.8 Å². The summed E-state index contributed by atoms with van der Waals surface area (Å²) in [5.41, 5.74) is 1.56. The summed E-state index contributed by atoms with van der Waals surface area (Å²) in [6, 6.07) is 5.62. The van der Waals surface area contributed by atoms with Gasteiger partial charge < -0.3 is 4.90 Å². The summed E-state index contributed by atoms with van der Waals surface area (Å²) in [5.74, 6) is -2.64. The predicted octanol–water partition coefficient (Wildman–Crippen LogP) is 2.60. The minimum Gasteiger partial charge on any atom is -0.322 e. The summed E-state index contributed by atoms with van der Waals surface area (Å²) < 4.78 is 56.1. The van der Waals surface area contributed by atoms with Crippen LogP contribution in [0.1, 0.15) is 58.6 Å². The summed E-state index contributed by atoms with van der Waals surface area (Å²) in [4.78, 5) is 38.0. The van der Waals surface area contributed by atoms with Crippen LogP contribution in [0.25, 0.3) is 0 Å². The molecule has 2 aromatic rings. The Morgan fingerprint density at radius 3 is 2.39 bits per heavy atom. The number of amides is 3. The van der Waals surface area contributed by atoms with Crippen LogP contribution in [0.15, 0.2) is 35.2 Å². The molecule has 190 valence electrons. The van der Waals surface area contributed by atoms with Crippen molar-refractivity contribution in [3.8, 4) is 0 Å². The Morgan fingerprint density at radius 2 is 1.72 bits per heavy atom. The molecular formula is C25H25F2N3O5S. The van der Waals surface area contributed by atoms with E-state index in [0.29, 0.717) is 29.5 Å². The fourth-order valence-electron chi connectivity index (χ4n) is 5.37. The lowest BCUT2D eigenvalue weighted by Crippen LogP contribution is -2.52. The van der Waals surface area contributed by atoms with E-state index in [2.05, 4.69) is 5.32 Å². The molecule has 3 aliphatic rings. The number of imide groups is 1. The number of aryl methyl sites for hydroxylation is 1. The molecule has 2 aromatic carbocycles. The van der Waals surface area contributed by atoms with Gasteiger partial charge in [0.15, 0.2) is 0 Å². The largest absolute Gasteiger partial charge is 0.322 e. The van der Waals surface area contributed by atoms with Crippen LogP contribution < -0.4 is 5.32 Å². The van der Waals surface area contributed by atoms with Crippen molar-refractivity contribution >= 4 is 27.7 Å². The van der Waals surface area contributed by atoms with Gasteiger partial charge in [-0.05, 0) is 73.1 Å². The van der Waals surface area contributed by atoms with E-state index in [4.69, 9.17) is 0 Å². The minimum atomic E-state index is -3.81. The summed E-state index contributed by atoms with van der Waals surface area (Å²) in [6.07, 6.45) is 1.13. The highest BCUT2D eigenvalue weighted by atomic mass is 32.2. The van der Waals surface area contributed by atoms with Crippen LogP contribution in [0.3, 0.4) is 0 Å². The Balaban J connectivity index is 1.32. The Labute approximate surface area is 207 Å². The first-order valence-electron chi connectivity index (χ1n) is 11.8. The molecule has 8 nitrogen and oxygen atoms in total. The highest BCUT2D eigenvalue weighted by molar-refractivity contribution is 7.89. The smallest absolute Gasteiger partial charge is 0.255 e. The van der Waals surface area contributed by atoms with Gasteiger partial charge in [-0.15, -0.1) is 0 Å². The third-order valence-electron chi connectivity index (χ3n) is 7.29. The SMILES string of the molecule is Cc1cc(F)ccc1S(=O)(=O)N1CCC(c2cc3c(cc2F)C(=O)N(C2CCC(=O)NC2=O)C3)CC1. The molecule has 0 aromatic heterocycles. The van der Waals surface area contributed by atoms with E-state index in [0.717, 1.165) is 6.07 Å². The fourth-order valence-corrected chi connectivity index (χ4v) is 7.05. The van der Waals surface area contributed by atoms with Gasteiger partial charge in [0.05, 0.1) is 4.90 Å². The average molecular weight is 518 g/mol. The average Bonchev–Trinajstić information content (AvgIpc) is 3.13. The van der Waals surface area contributed by atoms with Gasteiger partial charge in [0.1, 0.15) is 17.7 Å². The van der Waals surface area contributed by atoms with E-state index in [1.165, 1.54) is 27.4 Å². The van der Waals surface area contributed by atoms with E-state index in [1.54, 1.807) is 13.0 Å². The predicted molar refractivity (Wildman–Crippen MR) is 124 cm³/mol. The van der Waals surface area contributed by atoms with Crippen LogP contribution in [0.5, 0.6) is 0 Å². The van der Waals surface area contributed by atoms with Gasteiger partial charge in [0, 0.05) is 31.6 Å². The molecule has 36 heavy (non-hydrogen) atoms. The van der Waals surface area contributed by atoms with Crippen LogP contribution in [-0.2, 0) is 26.2 Å². The number of sulfonamides is 1. The number of halogens is 2. The van der Waals surface area contributed by atoms with E-state index >= 15 is 4.39 Å². The Kier molecular flexibility index (Phi) is 6.16. The lowest BCUT2D eigenvalue weighted by Gasteiger charge is -2.32. The number of hydrogen-bond acceptors (Lipinski definition) is 5. The van der Waals surface area contributed by atoms with Gasteiger partial charge in [-0.2, -0.15) is 4.31 Å². The summed E-state index contributed by atoms with van der Waals surface area (Å²) in [6.45, 7) is 2.05. The summed E-state index contributed by atoms with van der Waals surface area (Å²) >= 11 is 0. The van der Waals surface area contributed by atoms with Gasteiger partial charge in [0.2, 0.25) is 21.8 Å². The van der Waals surface area contributed by atoms with E-state index < -0.39 is 39.5 Å². The molecule has 1 atom stereocenters. The van der Waals surface area contributed by atoms with Gasteiger partial charge in [-0.25, -0.2) is 17.2 Å². The molecular weight excluding hydrogens is 492 g/mol. The number of hydrogen-bond donors (Lipinski definition) is 1. The number of benzene rings is 2. The van der Waals surface area contributed by atoms with Crippen molar-refractivity contribution < 1.29 is 31.6 Å². The number of nitrogens with one attached hydrogen (secondary N) is 1. The number of piperidine rings is 2. The molecule has 0 radical (unpaired) electrons. The lowest BCUT2D eigenvalue weighted by atomic mass is 9.88. The zero-order valence-electron chi connectivity index (χ0n) is 19.6. The topological polar surface area (TPSA) is 104 Å². The number of fused-ring (bicyclic) bond motifs is 1. The molecule has 1 N–H and O–H groups in total. The molecule has 2 fully saturated rings. The second kappa shape index (κ2) is 9.04. The Morgan fingerprint density at radius 1 is 1.00 bits per heavy atom. The zero-order valence-corrected chi connectivity index (χ0v) is 20.4. The van der Waals surface area contributed by atoms with Crippen LogP contribution in [0, 0.1) is 18.6 Å². The zero-order chi connectivity index (χ0) is 25.8. The number of rotatable bonds is 4. The molecule has 3 amide bonds. The van der Waals surface area contributed by atoms with Gasteiger partial charge >= 0.3 is 0 Å². The second-order valence-corrected chi connectivity index (χ2v) is 11.4. The standard InChI is InChI=1S/C25H25F2N3O5S/c1-14-10-17(26)2-4-22(14)36(34,35)29-8-6-15(7-9-29)18-11-16-13-30(25(33)19(16)12-20(18)27)21-3-5-23(31)28-24(21)32/h2,4,10-12,15,21H,3,5-9,13H2,1H3,(H,28,31,32). The third kappa shape index (κ3) is 4.20. The number of carbonyl (C=O) groups excluding carboxylic acids is 3. The van der Waals surface area contributed by atoms with Crippen LogP contribution in [0.2, 0.25) is 0 Å². The molecule has 0 bridgehead atoms. The maximum Gasteiger partial charge on any atom is 0.255 e. The van der Waals surface area contributed by atoms with Crippen molar-refractivity contribution in [3.63, 3.8) is 0 Å². The second-order valence-electron chi connectivity index (χ2n) is 9.52. The molecule has 0 saturated carbocycles. The van der Waals surface area contributed by atoms with E-state index in [1.807, 2.05) is 0 Å². The lowest BCUT2D eigenvalue weighted by molar-refractivity contribution is -0.136. The monoisotopic (exact) mass is 517 g/mol. The van der Waals surface area contributed by atoms with E-state index in [9.17, 15) is 27.2 Å². The maximum atomic E-state index is 15.1.